The van der Waals surface area contributed by atoms with Gasteiger partial charge in [-0.15, -0.1) is 5.10 Å². The molecule has 1 fully saturated rings. The van der Waals surface area contributed by atoms with Gasteiger partial charge in [-0.2, -0.15) is 5.10 Å². The zero-order valence-electron chi connectivity index (χ0n) is 22.4. The second-order valence-electron chi connectivity index (χ2n) is 9.19. The fourth-order valence-electron chi connectivity index (χ4n) is 3.87. The zero-order valence-corrected chi connectivity index (χ0v) is 24.8. The van der Waals surface area contributed by atoms with E-state index in [1.165, 1.54) is 11.1 Å². The van der Waals surface area contributed by atoms with E-state index in [2.05, 4.69) is 31.4 Å². The fourth-order valence-corrected chi connectivity index (χ4v) is 5.17. The van der Waals surface area contributed by atoms with Gasteiger partial charge in [0.25, 0.3) is 11.8 Å². The summed E-state index contributed by atoms with van der Waals surface area (Å²) in [5.74, 6) is 0.589. The number of aromatic hydroxyl groups is 1. The van der Waals surface area contributed by atoms with Crippen LogP contribution in [0.3, 0.4) is 0 Å². The molecule has 0 unspecified atom stereocenters. The lowest BCUT2D eigenvalue weighted by Crippen LogP contribution is -2.28. The molecule has 5 rings (SSSR count). The van der Waals surface area contributed by atoms with Gasteiger partial charge in [0.15, 0.2) is 11.8 Å². The van der Waals surface area contributed by atoms with E-state index in [1.807, 2.05) is 37.3 Å². The van der Waals surface area contributed by atoms with Crippen LogP contribution in [0.15, 0.2) is 109 Å². The van der Waals surface area contributed by atoms with Crippen molar-refractivity contribution < 1.29 is 23.8 Å². The minimum absolute atomic E-state index is 0.151. The number of benzene rings is 3. The average molecular weight is 646 g/mol. The van der Waals surface area contributed by atoms with Crippen LogP contribution in [0, 0.1) is 6.92 Å². The summed E-state index contributed by atoms with van der Waals surface area (Å²) in [4.78, 5) is 27.9. The number of phenolic OH excluding ortho intramolecular Hbond substituents is 1. The van der Waals surface area contributed by atoms with Crippen LogP contribution in [0.2, 0.25) is 0 Å². The third-order valence-corrected chi connectivity index (χ3v) is 7.47. The first kappa shape index (κ1) is 28.9. The number of phenols is 1. The lowest BCUT2D eigenvalue weighted by molar-refractivity contribution is -0.122. The minimum Gasteiger partial charge on any atom is -0.508 e. The predicted molar refractivity (Wildman–Crippen MR) is 167 cm³/mol. The van der Waals surface area contributed by atoms with Crippen molar-refractivity contribution in [2.75, 3.05) is 11.9 Å². The second kappa shape index (κ2) is 13.4. The Morgan fingerprint density at radius 1 is 1.12 bits per heavy atom. The van der Waals surface area contributed by atoms with Gasteiger partial charge in [0, 0.05) is 15.7 Å². The quantitative estimate of drug-likeness (QED) is 0.121. The summed E-state index contributed by atoms with van der Waals surface area (Å²) in [7, 11) is 0. The van der Waals surface area contributed by atoms with Gasteiger partial charge in [-0.3, -0.25) is 14.5 Å². The maximum absolute atomic E-state index is 13.5. The SMILES string of the molecule is Cc1ccc(NC(=O)COc2ccc(Br)cc2/C=C2\S/C(=N\N=C\c3ccc(O)cc3)N(Cc3ccco3)C2=O)cc1. The first-order valence-electron chi connectivity index (χ1n) is 12.8. The van der Waals surface area contributed by atoms with Crippen molar-refractivity contribution in [3.63, 3.8) is 0 Å². The number of hydrogen-bond acceptors (Lipinski definition) is 8. The van der Waals surface area contributed by atoms with E-state index < -0.39 is 0 Å². The van der Waals surface area contributed by atoms with Crippen molar-refractivity contribution in [2.24, 2.45) is 10.2 Å². The number of amidine groups is 1. The Bertz CT molecular complexity index is 1670. The van der Waals surface area contributed by atoms with Gasteiger partial charge in [-0.25, -0.2) is 0 Å². The summed E-state index contributed by atoms with van der Waals surface area (Å²) in [5, 5.41) is 21.1. The normalized spacial score (nSPS) is 15.2. The molecule has 0 radical (unpaired) electrons. The lowest BCUT2D eigenvalue weighted by Gasteiger charge is -2.13. The molecule has 1 saturated heterocycles. The Morgan fingerprint density at radius 2 is 1.90 bits per heavy atom. The summed E-state index contributed by atoms with van der Waals surface area (Å²) in [6.45, 7) is 1.93. The van der Waals surface area contributed by atoms with Crippen LogP contribution in [0.1, 0.15) is 22.5 Å². The van der Waals surface area contributed by atoms with Crippen molar-refractivity contribution in [1.82, 2.24) is 4.90 Å². The van der Waals surface area contributed by atoms with Crippen molar-refractivity contribution in [1.29, 1.82) is 0 Å². The van der Waals surface area contributed by atoms with Crippen LogP contribution in [0.5, 0.6) is 11.5 Å². The number of hydrogen-bond donors (Lipinski definition) is 2. The van der Waals surface area contributed by atoms with Gasteiger partial charge >= 0.3 is 0 Å². The molecule has 1 aromatic heterocycles. The topological polar surface area (TPSA) is 117 Å². The lowest BCUT2D eigenvalue weighted by atomic mass is 10.2. The Labute approximate surface area is 254 Å². The van der Waals surface area contributed by atoms with Crippen molar-refractivity contribution in [3.05, 3.63) is 117 Å². The molecule has 2 amide bonds. The third-order valence-electron chi connectivity index (χ3n) is 5.98. The fraction of sp³-hybridized carbons (Fsp3) is 0.0968. The molecular weight excluding hydrogens is 620 g/mol. The number of furan rings is 1. The minimum atomic E-state index is -0.308. The maximum atomic E-state index is 13.5. The molecule has 9 nitrogen and oxygen atoms in total. The molecule has 0 saturated carbocycles. The Balaban J connectivity index is 1.36. The van der Waals surface area contributed by atoms with Crippen LogP contribution >= 0.6 is 27.7 Å². The number of carbonyl (C=O) groups is 2. The van der Waals surface area contributed by atoms with Gasteiger partial charge < -0.3 is 19.6 Å². The second-order valence-corrected chi connectivity index (χ2v) is 11.1. The van der Waals surface area contributed by atoms with E-state index in [-0.39, 0.29) is 30.7 Å². The Morgan fingerprint density at radius 3 is 2.64 bits per heavy atom. The highest BCUT2D eigenvalue weighted by molar-refractivity contribution is 9.10. The summed E-state index contributed by atoms with van der Waals surface area (Å²) >= 11 is 4.64. The molecule has 2 heterocycles. The van der Waals surface area contributed by atoms with Crippen LogP contribution in [-0.4, -0.2) is 39.8 Å². The van der Waals surface area contributed by atoms with Gasteiger partial charge in [0.1, 0.15) is 17.3 Å². The number of anilines is 1. The van der Waals surface area contributed by atoms with E-state index in [9.17, 15) is 14.7 Å². The molecule has 212 valence electrons. The highest BCUT2D eigenvalue weighted by Crippen LogP contribution is 2.36. The number of nitrogens with one attached hydrogen (secondary N) is 1. The number of nitrogens with zero attached hydrogens (tertiary/aromatic N) is 3. The number of rotatable bonds is 9. The molecule has 1 aliphatic rings. The van der Waals surface area contributed by atoms with E-state index >= 15 is 0 Å². The molecule has 2 N–H and O–H groups in total. The first-order chi connectivity index (χ1) is 20.3. The molecule has 0 aliphatic carbocycles. The Hall–Kier alpha value is -4.61. The molecule has 0 bridgehead atoms. The number of thioether (sulfide) groups is 1. The predicted octanol–water partition coefficient (Wildman–Crippen LogP) is 6.58. The van der Waals surface area contributed by atoms with Gasteiger partial charge in [0.2, 0.25) is 0 Å². The van der Waals surface area contributed by atoms with Gasteiger partial charge in [0.05, 0.1) is 23.9 Å². The summed E-state index contributed by atoms with van der Waals surface area (Å²) in [5.41, 5.74) is 3.12. The number of carbonyl (C=O) groups excluding carboxylic acids is 2. The van der Waals surface area contributed by atoms with Crippen LogP contribution in [0.25, 0.3) is 6.08 Å². The van der Waals surface area contributed by atoms with Crippen molar-refractivity contribution in [2.45, 2.75) is 13.5 Å². The number of ether oxygens (including phenoxy) is 1. The van der Waals surface area contributed by atoms with E-state index in [4.69, 9.17) is 9.15 Å². The van der Waals surface area contributed by atoms with Gasteiger partial charge in [-0.1, -0.05) is 33.6 Å². The van der Waals surface area contributed by atoms with Crippen molar-refractivity contribution in [3.8, 4) is 11.5 Å². The first-order valence-corrected chi connectivity index (χ1v) is 14.4. The average Bonchev–Trinajstić information content (AvgIpc) is 3.59. The molecule has 0 atom stereocenters. The zero-order chi connectivity index (χ0) is 29.5. The summed E-state index contributed by atoms with van der Waals surface area (Å²) < 4.78 is 12.1. The summed E-state index contributed by atoms with van der Waals surface area (Å²) in [6.07, 6.45) is 4.78. The smallest absolute Gasteiger partial charge is 0.267 e. The van der Waals surface area contributed by atoms with Crippen LogP contribution in [-0.2, 0) is 16.1 Å². The van der Waals surface area contributed by atoms with E-state index in [1.54, 1.807) is 60.9 Å². The summed E-state index contributed by atoms with van der Waals surface area (Å²) in [6, 6.07) is 22.9. The molecule has 42 heavy (non-hydrogen) atoms. The standard InChI is InChI=1S/C31H25BrN4O5S/c1-20-4-9-24(10-5-20)34-29(38)19-41-27-13-8-23(32)15-22(27)16-28-30(39)36(18-26-3-2-14-40-26)31(42-28)35-33-17-21-6-11-25(37)12-7-21/h2-17,37H,18-19H2,1H3,(H,34,38)/b28-16-,33-17+,35-31-. The third kappa shape index (κ3) is 7.56. The van der Waals surface area contributed by atoms with Crippen LogP contribution < -0.4 is 10.1 Å². The van der Waals surface area contributed by atoms with Gasteiger partial charge in [-0.05, 0) is 97.1 Å². The maximum Gasteiger partial charge on any atom is 0.267 e. The molecule has 3 aromatic carbocycles. The molecule has 11 heteroatoms. The number of halogens is 1. The van der Waals surface area contributed by atoms with Crippen LogP contribution in [0.4, 0.5) is 5.69 Å². The van der Waals surface area contributed by atoms with Crippen molar-refractivity contribution >= 4 is 62.7 Å². The monoisotopic (exact) mass is 644 g/mol. The largest absolute Gasteiger partial charge is 0.508 e. The van der Waals surface area contributed by atoms with E-state index in [0.29, 0.717) is 32.8 Å². The molecule has 1 aliphatic heterocycles. The molecule has 0 spiro atoms. The highest BCUT2D eigenvalue weighted by atomic mass is 79.9. The molecular formula is C31H25BrN4O5S. The number of aryl methyl sites for hydroxylation is 1. The highest BCUT2D eigenvalue weighted by Gasteiger charge is 2.34. The number of amides is 2. The Kier molecular flexibility index (Phi) is 9.20. The van der Waals surface area contributed by atoms with E-state index in [0.717, 1.165) is 27.4 Å². The molecule has 4 aromatic rings.